The van der Waals surface area contributed by atoms with Crippen molar-refractivity contribution in [2.24, 2.45) is 0 Å². The van der Waals surface area contributed by atoms with Crippen molar-refractivity contribution in [3.8, 4) is 0 Å². The van der Waals surface area contributed by atoms with E-state index in [0.717, 1.165) is 12.8 Å². The van der Waals surface area contributed by atoms with Gasteiger partial charge in [0.15, 0.2) is 15.6 Å². The Bertz CT molecular complexity index is 566. The summed E-state index contributed by atoms with van der Waals surface area (Å²) in [5.74, 6) is -0.159. The zero-order valence-corrected chi connectivity index (χ0v) is 17.6. The van der Waals surface area contributed by atoms with Crippen LogP contribution in [0.2, 0.25) is 0 Å². The van der Waals surface area contributed by atoms with Gasteiger partial charge in [-0.1, -0.05) is 80.6 Å². The highest BCUT2D eigenvalue weighted by Crippen LogP contribution is 2.15. The van der Waals surface area contributed by atoms with Crippen molar-refractivity contribution < 1.29 is 17.6 Å². The van der Waals surface area contributed by atoms with Crippen LogP contribution in [0.3, 0.4) is 0 Å². The normalized spacial score (nSPS) is 13.0. The second kappa shape index (κ2) is 12.7. The van der Waals surface area contributed by atoms with Crippen LogP contribution in [0.5, 0.6) is 0 Å². The summed E-state index contributed by atoms with van der Waals surface area (Å²) in [6.07, 6.45) is 13.1. The summed E-state index contributed by atoms with van der Waals surface area (Å²) in [4.78, 5) is 11.3. The van der Waals surface area contributed by atoms with E-state index in [-0.39, 0.29) is 23.0 Å². The van der Waals surface area contributed by atoms with Gasteiger partial charge in [-0.05, 0) is 18.6 Å². The van der Waals surface area contributed by atoms with E-state index in [1.165, 1.54) is 51.2 Å². The Labute approximate surface area is 160 Å². The van der Waals surface area contributed by atoms with Crippen molar-refractivity contribution in [3.05, 3.63) is 24.2 Å². The van der Waals surface area contributed by atoms with Crippen molar-refractivity contribution in [1.82, 2.24) is 0 Å². The highest BCUT2D eigenvalue weighted by molar-refractivity contribution is 9.10. The van der Waals surface area contributed by atoms with E-state index in [9.17, 15) is 13.2 Å². The number of furan rings is 1. The molecule has 25 heavy (non-hydrogen) atoms. The van der Waals surface area contributed by atoms with Crippen molar-refractivity contribution >= 4 is 31.6 Å². The van der Waals surface area contributed by atoms with Crippen LogP contribution in [0.25, 0.3) is 0 Å². The van der Waals surface area contributed by atoms with Crippen LogP contribution in [0, 0.1) is 0 Å². The molecule has 0 aromatic carbocycles. The maximum absolute atomic E-state index is 12.1. The van der Waals surface area contributed by atoms with Gasteiger partial charge in [0.1, 0.15) is 0 Å². The molecule has 1 atom stereocenters. The molecule has 0 aliphatic heterocycles. The Morgan fingerprint density at radius 1 is 1.04 bits per heavy atom. The molecule has 0 bridgehead atoms. The summed E-state index contributed by atoms with van der Waals surface area (Å²) in [6, 6.07) is 3.16. The molecule has 0 radical (unpaired) electrons. The second-order valence-corrected chi connectivity index (χ2v) is 9.94. The molecule has 1 rings (SSSR count). The highest BCUT2D eigenvalue weighted by atomic mass is 79.9. The van der Waals surface area contributed by atoms with Crippen LogP contribution in [0.1, 0.15) is 81.7 Å². The van der Waals surface area contributed by atoms with E-state index in [4.69, 9.17) is 4.42 Å². The summed E-state index contributed by atoms with van der Waals surface area (Å²) in [6.45, 7) is 2.22. The van der Waals surface area contributed by atoms with Gasteiger partial charge < -0.3 is 4.42 Å². The first-order chi connectivity index (χ1) is 12.0. The molecule has 1 aromatic heterocycles. The lowest BCUT2D eigenvalue weighted by Gasteiger charge is -2.08. The Morgan fingerprint density at radius 3 is 2.12 bits per heavy atom. The van der Waals surface area contributed by atoms with Crippen molar-refractivity contribution in [3.63, 3.8) is 0 Å². The summed E-state index contributed by atoms with van der Waals surface area (Å²) < 4.78 is 29.3. The fraction of sp³-hybridized carbons (Fsp3) is 0.737. The Morgan fingerprint density at radius 2 is 1.60 bits per heavy atom. The van der Waals surface area contributed by atoms with Crippen molar-refractivity contribution in [2.45, 2.75) is 76.0 Å². The summed E-state index contributed by atoms with van der Waals surface area (Å²) in [7, 11) is -3.23. The molecular formula is C19H31BrO4S. The van der Waals surface area contributed by atoms with Gasteiger partial charge in [0.2, 0.25) is 5.78 Å². The number of unbranched alkanes of at least 4 members (excludes halogenated alkanes) is 9. The van der Waals surface area contributed by atoms with Gasteiger partial charge in [-0.25, -0.2) is 8.42 Å². The number of hydrogen-bond acceptors (Lipinski definition) is 4. The SMILES string of the molecule is CCCCCCCCCCCCS(=O)(=O)C[C@H](Br)C(=O)c1ccco1. The number of sulfone groups is 1. The molecule has 0 spiro atoms. The topological polar surface area (TPSA) is 64.3 Å². The van der Waals surface area contributed by atoms with Gasteiger partial charge in [-0.3, -0.25) is 4.79 Å². The van der Waals surface area contributed by atoms with Gasteiger partial charge in [-0.15, -0.1) is 0 Å². The average molecular weight is 435 g/mol. The van der Waals surface area contributed by atoms with Gasteiger partial charge in [0.05, 0.1) is 22.6 Å². The Balaban J connectivity index is 2.12. The number of hydrogen-bond donors (Lipinski definition) is 0. The third-order valence-corrected chi connectivity index (χ3v) is 7.18. The summed E-state index contributed by atoms with van der Waals surface area (Å²) in [5, 5.41) is 0. The quantitative estimate of drug-likeness (QED) is 0.206. The summed E-state index contributed by atoms with van der Waals surface area (Å²) >= 11 is 3.18. The van der Waals surface area contributed by atoms with Crippen LogP contribution >= 0.6 is 15.9 Å². The predicted molar refractivity (Wildman–Crippen MR) is 106 cm³/mol. The first kappa shape index (κ1) is 22.4. The Kier molecular flexibility index (Phi) is 11.4. The molecule has 0 aliphatic carbocycles. The minimum atomic E-state index is -3.23. The maximum Gasteiger partial charge on any atom is 0.212 e. The first-order valence-electron chi connectivity index (χ1n) is 9.38. The van der Waals surface area contributed by atoms with E-state index in [0.29, 0.717) is 6.42 Å². The molecule has 6 heteroatoms. The van der Waals surface area contributed by atoms with Crippen LogP contribution < -0.4 is 0 Å². The molecule has 0 aliphatic rings. The summed E-state index contributed by atoms with van der Waals surface area (Å²) in [5.41, 5.74) is 0. The molecule has 1 aromatic rings. The molecule has 0 saturated heterocycles. The van der Waals surface area contributed by atoms with Gasteiger partial charge in [0.25, 0.3) is 0 Å². The molecule has 0 saturated carbocycles. The van der Waals surface area contributed by atoms with Crippen molar-refractivity contribution in [1.29, 1.82) is 0 Å². The fourth-order valence-electron chi connectivity index (χ4n) is 2.76. The van der Waals surface area contributed by atoms with E-state index in [1.807, 2.05) is 0 Å². The minimum absolute atomic E-state index is 0.150. The highest BCUT2D eigenvalue weighted by Gasteiger charge is 2.25. The van der Waals surface area contributed by atoms with Crippen molar-refractivity contribution in [2.75, 3.05) is 11.5 Å². The number of carbonyl (C=O) groups is 1. The molecule has 1 heterocycles. The van der Waals surface area contributed by atoms with Crippen LogP contribution in [0.4, 0.5) is 0 Å². The zero-order valence-electron chi connectivity index (χ0n) is 15.2. The predicted octanol–water partition coefficient (Wildman–Crippen LogP) is 5.56. The zero-order chi connectivity index (χ0) is 18.5. The van der Waals surface area contributed by atoms with Gasteiger partial charge >= 0.3 is 0 Å². The molecule has 0 N–H and O–H groups in total. The molecule has 0 unspecified atom stereocenters. The monoisotopic (exact) mass is 434 g/mol. The second-order valence-electron chi connectivity index (χ2n) is 6.61. The van der Waals surface area contributed by atoms with Gasteiger partial charge in [0, 0.05) is 0 Å². The van der Waals surface area contributed by atoms with E-state index in [1.54, 1.807) is 12.1 Å². The van der Waals surface area contributed by atoms with Gasteiger partial charge in [-0.2, -0.15) is 0 Å². The van der Waals surface area contributed by atoms with E-state index in [2.05, 4.69) is 22.9 Å². The number of rotatable bonds is 15. The molecule has 144 valence electrons. The van der Waals surface area contributed by atoms with E-state index < -0.39 is 14.7 Å². The Hall–Kier alpha value is -0.620. The maximum atomic E-state index is 12.1. The minimum Gasteiger partial charge on any atom is -0.461 e. The van der Waals surface area contributed by atoms with E-state index >= 15 is 0 Å². The molecule has 0 amide bonds. The molecule has 4 nitrogen and oxygen atoms in total. The average Bonchev–Trinajstić information content (AvgIpc) is 3.09. The standard InChI is InChI=1S/C19H31BrO4S/c1-2-3-4-5-6-7-8-9-10-11-15-25(22,23)16-17(20)19(21)18-13-12-14-24-18/h12-14,17H,2-11,15-16H2,1H3/t17-/m0/s1. The number of Topliss-reactive ketones (excluding diaryl/α,β-unsaturated/α-hetero) is 1. The third kappa shape index (κ3) is 10.2. The van der Waals surface area contributed by atoms with Crippen LogP contribution in [-0.2, 0) is 9.84 Å². The number of alkyl halides is 1. The smallest absolute Gasteiger partial charge is 0.212 e. The number of carbonyl (C=O) groups excluding carboxylic acids is 1. The lowest BCUT2D eigenvalue weighted by atomic mass is 10.1. The van der Waals surface area contributed by atoms with Crippen LogP contribution in [0.15, 0.2) is 22.8 Å². The largest absolute Gasteiger partial charge is 0.461 e. The first-order valence-corrected chi connectivity index (χ1v) is 12.1. The fourth-order valence-corrected chi connectivity index (χ4v) is 5.61. The third-order valence-electron chi connectivity index (χ3n) is 4.26. The lowest BCUT2D eigenvalue weighted by Crippen LogP contribution is -2.25. The molecule has 0 fully saturated rings. The molecular weight excluding hydrogens is 404 g/mol. The lowest BCUT2D eigenvalue weighted by molar-refractivity contribution is 0.0970. The number of halogens is 1. The number of ketones is 1. The van der Waals surface area contributed by atoms with Crippen LogP contribution in [-0.4, -0.2) is 30.5 Å².